The number of phosphoric acid groups is 1. The number of rotatable bonds is 52. The van der Waals surface area contributed by atoms with Gasteiger partial charge in [0.15, 0.2) is 0 Å². The maximum Gasteiger partial charge on any atom is 0.306 e. The molecule has 0 aliphatic carbocycles. The molecule has 0 rings (SSSR count). The van der Waals surface area contributed by atoms with Crippen LogP contribution in [-0.4, -0.2) is 69.4 Å². The molecule has 0 saturated heterocycles. The summed E-state index contributed by atoms with van der Waals surface area (Å²) in [5, 5.41) is 2.98. The summed E-state index contributed by atoms with van der Waals surface area (Å²) >= 11 is 0. The molecule has 1 amide bonds. The number of allylic oxidation sites excluding steroid dienone is 19. The van der Waals surface area contributed by atoms with Crippen LogP contribution in [0, 0.1) is 0 Å². The second-order valence-electron chi connectivity index (χ2n) is 20.8. The first-order chi connectivity index (χ1) is 36.4. The van der Waals surface area contributed by atoms with Crippen molar-refractivity contribution in [3.8, 4) is 0 Å². The van der Waals surface area contributed by atoms with Gasteiger partial charge in [0.2, 0.25) is 5.91 Å². The van der Waals surface area contributed by atoms with Crippen molar-refractivity contribution < 1.29 is 37.3 Å². The molecule has 3 atom stereocenters. The Balaban J connectivity index is 5.39. The van der Waals surface area contributed by atoms with E-state index >= 15 is 0 Å². The van der Waals surface area contributed by atoms with Gasteiger partial charge in [0.05, 0.1) is 33.8 Å². The molecule has 0 aromatic carbocycles. The third-order valence-corrected chi connectivity index (χ3v) is 13.3. The number of hydrogen-bond donors (Lipinski definition) is 1. The molecule has 428 valence electrons. The van der Waals surface area contributed by atoms with E-state index in [4.69, 9.17) is 13.8 Å². The van der Waals surface area contributed by atoms with Crippen LogP contribution in [0.15, 0.2) is 122 Å². The van der Waals surface area contributed by atoms with Crippen molar-refractivity contribution in [2.45, 2.75) is 238 Å². The van der Waals surface area contributed by atoms with E-state index in [-0.39, 0.29) is 31.3 Å². The number of esters is 1. The smallest absolute Gasteiger partial charge is 0.306 e. The summed E-state index contributed by atoms with van der Waals surface area (Å²) in [4.78, 5) is 39.9. The summed E-state index contributed by atoms with van der Waals surface area (Å²) in [7, 11) is 1.12. The molecule has 0 fully saturated rings. The molecule has 0 aromatic heterocycles. The van der Waals surface area contributed by atoms with Gasteiger partial charge in [0, 0.05) is 12.8 Å². The number of ether oxygens (including phenoxy) is 1. The van der Waals surface area contributed by atoms with Gasteiger partial charge in [-0.05, 0) is 115 Å². The van der Waals surface area contributed by atoms with Gasteiger partial charge in [-0.2, -0.15) is 0 Å². The zero-order valence-corrected chi connectivity index (χ0v) is 49.6. The van der Waals surface area contributed by atoms with E-state index in [9.17, 15) is 19.0 Å². The minimum Gasteiger partial charge on any atom is -0.756 e. The molecule has 0 saturated carbocycles. The Bertz CT molecular complexity index is 1700. The number of quaternary nitrogens is 1. The lowest BCUT2D eigenvalue weighted by molar-refractivity contribution is -0.870. The molecule has 0 heterocycles. The van der Waals surface area contributed by atoms with Crippen LogP contribution in [0.1, 0.15) is 226 Å². The fourth-order valence-corrected chi connectivity index (χ4v) is 8.50. The molecule has 10 heteroatoms. The van der Waals surface area contributed by atoms with Crippen molar-refractivity contribution in [2.24, 2.45) is 0 Å². The van der Waals surface area contributed by atoms with Crippen LogP contribution >= 0.6 is 7.82 Å². The van der Waals surface area contributed by atoms with E-state index in [1.165, 1.54) is 70.6 Å². The molecular weight excluding hydrogens is 952 g/mol. The number of unbranched alkanes of at least 4 members (excludes halogenated alkanes) is 18. The highest BCUT2D eigenvalue weighted by molar-refractivity contribution is 7.45. The van der Waals surface area contributed by atoms with Gasteiger partial charge >= 0.3 is 5.97 Å². The maximum atomic E-state index is 13.5. The second-order valence-corrected chi connectivity index (χ2v) is 22.2. The Morgan fingerprint density at radius 3 is 1.33 bits per heavy atom. The minimum absolute atomic E-state index is 0.0424. The first kappa shape index (κ1) is 71.4. The van der Waals surface area contributed by atoms with Crippen LogP contribution in [0.4, 0.5) is 0 Å². The Morgan fingerprint density at radius 2 is 0.867 bits per heavy atom. The lowest BCUT2D eigenvalue weighted by Crippen LogP contribution is -2.47. The molecule has 0 bridgehead atoms. The normalized spacial score (nSPS) is 14.6. The number of carbonyl (C=O) groups is 2. The van der Waals surface area contributed by atoms with Crippen LogP contribution in [0.5, 0.6) is 0 Å². The highest BCUT2D eigenvalue weighted by Gasteiger charge is 2.27. The van der Waals surface area contributed by atoms with E-state index in [2.05, 4.69) is 135 Å². The van der Waals surface area contributed by atoms with E-state index in [0.717, 1.165) is 109 Å². The van der Waals surface area contributed by atoms with Gasteiger partial charge in [-0.3, -0.25) is 14.2 Å². The van der Waals surface area contributed by atoms with Gasteiger partial charge in [-0.25, -0.2) is 0 Å². The van der Waals surface area contributed by atoms with Crippen LogP contribution in [0.3, 0.4) is 0 Å². The SMILES string of the molecule is CC/C=C\C/C=C\C/C=C\C/C=C\C/C=C\CCCCCCCC(=O)OC(/C=C/CCCCCCCCCCC)C(COP(=O)([O-])OCC[N+](C)(C)C)NC(=O)CCC/C=C\C/C=C\C/C=C\C/C=C\CCCCC. The monoisotopic (exact) mass is 1060 g/mol. The quantitative estimate of drug-likeness (QED) is 0.0212. The molecule has 0 spiro atoms. The highest BCUT2D eigenvalue weighted by Crippen LogP contribution is 2.38. The van der Waals surface area contributed by atoms with Crippen molar-refractivity contribution in [3.63, 3.8) is 0 Å². The number of phosphoric ester groups is 1. The number of amides is 1. The Kier molecular flexibility index (Phi) is 51.2. The van der Waals surface area contributed by atoms with Gasteiger partial charge in [0.1, 0.15) is 19.3 Å². The predicted molar refractivity (Wildman–Crippen MR) is 320 cm³/mol. The third kappa shape index (κ3) is 55.0. The zero-order valence-electron chi connectivity index (χ0n) is 48.7. The average Bonchev–Trinajstić information content (AvgIpc) is 3.37. The van der Waals surface area contributed by atoms with Gasteiger partial charge in [-0.1, -0.05) is 220 Å². The number of likely N-dealkylation sites (N-methyl/N-ethyl adjacent to an activating group) is 1. The molecule has 1 N–H and O–H groups in total. The lowest BCUT2D eigenvalue weighted by atomic mass is 10.1. The summed E-state index contributed by atoms with van der Waals surface area (Å²) in [6.07, 6.45) is 74.6. The summed E-state index contributed by atoms with van der Waals surface area (Å²) in [6, 6.07) is -0.933. The zero-order chi connectivity index (χ0) is 55.0. The first-order valence-electron chi connectivity index (χ1n) is 29.8. The molecule has 75 heavy (non-hydrogen) atoms. The predicted octanol–water partition coefficient (Wildman–Crippen LogP) is 17.7. The van der Waals surface area contributed by atoms with E-state index in [1.807, 2.05) is 27.2 Å². The van der Waals surface area contributed by atoms with E-state index in [1.54, 1.807) is 6.08 Å². The fraction of sp³-hybridized carbons (Fsp3) is 0.662. The first-order valence-corrected chi connectivity index (χ1v) is 31.3. The number of nitrogens with one attached hydrogen (secondary N) is 1. The fourth-order valence-electron chi connectivity index (χ4n) is 7.77. The van der Waals surface area contributed by atoms with Gasteiger partial charge < -0.3 is 28.5 Å². The standard InChI is InChI=1S/C65H111N2O7P/c1-7-10-13-16-19-22-25-27-29-31-32-33-34-36-38-40-43-46-49-52-55-58-65(69)74-63(56-53-50-47-44-41-24-21-18-15-12-9-3)62(61-73-75(70,71)72-60-59-67(4,5)6)66-64(68)57-54-51-48-45-42-39-37-35-30-28-26-23-20-17-14-11-8-2/h10,13,19-20,22-23,27-30,32-33,36-39,45,48,53,56,62-63H,7-9,11-12,14-18,21,24-26,31,34-35,40-44,46-47,49-52,54-55,57-61H2,1-6H3,(H-,66,68,70,71)/b13-10-,22-19-,23-20-,29-27-,30-28-,33-32-,38-36-,39-37-,48-45-,56-53+. The molecular formula is C65H111N2O7P. The molecule has 3 unspecified atom stereocenters. The van der Waals surface area contributed by atoms with E-state index in [0.29, 0.717) is 23.9 Å². The average molecular weight is 1060 g/mol. The third-order valence-electron chi connectivity index (χ3n) is 12.4. The largest absolute Gasteiger partial charge is 0.756 e. The van der Waals surface area contributed by atoms with Crippen molar-refractivity contribution in [2.75, 3.05) is 40.9 Å². The van der Waals surface area contributed by atoms with Gasteiger partial charge in [0.25, 0.3) is 7.82 Å². The van der Waals surface area contributed by atoms with Crippen LogP contribution in [-0.2, 0) is 27.9 Å². The maximum absolute atomic E-state index is 13.5. The second kappa shape index (κ2) is 53.8. The van der Waals surface area contributed by atoms with Crippen molar-refractivity contribution in [3.05, 3.63) is 122 Å². The molecule has 0 aliphatic rings. The molecule has 0 aliphatic heterocycles. The number of nitrogens with zero attached hydrogens (tertiary/aromatic N) is 1. The minimum atomic E-state index is -4.72. The van der Waals surface area contributed by atoms with Crippen LogP contribution < -0.4 is 10.2 Å². The van der Waals surface area contributed by atoms with Gasteiger partial charge in [-0.15, -0.1) is 0 Å². The highest BCUT2D eigenvalue weighted by atomic mass is 31.2. The topological polar surface area (TPSA) is 114 Å². The Labute approximate surface area is 461 Å². The van der Waals surface area contributed by atoms with Crippen molar-refractivity contribution >= 4 is 19.7 Å². The summed E-state index contributed by atoms with van der Waals surface area (Å²) < 4.78 is 30.2. The molecule has 9 nitrogen and oxygen atoms in total. The summed E-state index contributed by atoms with van der Waals surface area (Å²) in [6.45, 7) is 6.61. The van der Waals surface area contributed by atoms with Crippen LogP contribution in [0.2, 0.25) is 0 Å². The van der Waals surface area contributed by atoms with Crippen molar-refractivity contribution in [1.29, 1.82) is 0 Å². The van der Waals surface area contributed by atoms with Crippen molar-refractivity contribution in [1.82, 2.24) is 5.32 Å². The molecule has 0 aromatic rings. The Hall–Kier alpha value is -3.59. The Morgan fingerprint density at radius 1 is 0.480 bits per heavy atom. The lowest BCUT2D eigenvalue weighted by Gasteiger charge is -2.30. The summed E-state index contributed by atoms with van der Waals surface area (Å²) in [5.41, 5.74) is 0. The number of hydrogen-bond acceptors (Lipinski definition) is 7. The molecule has 0 radical (unpaired) electrons. The number of carbonyl (C=O) groups excluding carboxylic acids is 2. The van der Waals surface area contributed by atoms with Crippen LogP contribution in [0.25, 0.3) is 0 Å². The van der Waals surface area contributed by atoms with E-state index < -0.39 is 26.6 Å². The summed E-state index contributed by atoms with van der Waals surface area (Å²) in [5.74, 6) is -0.639.